The zero-order valence-electron chi connectivity index (χ0n) is 9.70. The molecule has 1 rings (SSSR count). The van der Waals surface area contributed by atoms with E-state index in [4.69, 9.17) is 12.2 Å². The highest BCUT2D eigenvalue weighted by Crippen LogP contribution is 2.03. The molecule has 0 heterocycles. The monoisotopic (exact) mass is 236 g/mol. The molecule has 0 aliphatic heterocycles. The second-order valence-corrected chi connectivity index (χ2v) is 4.36. The Kier molecular flexibility index (Phi) is 4.43. The van der Waals surface area contributed by atoms with Gasteiger partial charge in [0.05, 0.1) is 0 Å². The zero-order chi connectivity index (χ0) is 12.1. The summed E-state index contributed by atoms with van der Waals surface area (Å²) in [5.41, 5.74) is 1.67. The maximum Gasteiger partial charge on any atom is 0.257 e. The van der Waals surface area contributed by atoms with Crippen LogP contribution in [0.2, 0.25) is 0 Å². The van der Waals surface area contributed by atoms with Crippen molar-refractivity contribution in [2.24, 2.45) is 0 Å². The fourth-order valence-electron chi connectivity index (χ4n) is 1.26. The van der Waals surface area contributed by atoms with Gasteiger partial charge in [0.15, 0.2) is 5.11 Å². The molecule has 4 heteroatoms. The van der Waals surface area contributed by atoms with E-state index < -0.39 is 0 Å². The first kappa shape index (κ1) is 12.6. The van der Waals surface area contributed by atoms with E-state index in [1.807, 2.05) is 39.0 Å². The summed E-state index contributed by atoms with van der Waals surface area (Å²) in [4.78, 5) is 11.8. The summed E-state index contributed by atoms with van der Waals surface area (Å²) in [6.45, 7) is 5.87. The Hall–Kier alpha value is -1.42. The second-order valence-electron chi connectivity index (χ2n) is 3.95. The first-order valence-corrected chi connectivity index (χ1v) is 5.58. The summed E-state index contributed by atoms with van der Waals surface area (Å²) < 4.78 is 0. The van der Waals surface area contributed by atoms with Crippen molar-refractivity contribution in [2.75, 3.05) is 0 Å². The maximum absolute atomic E-state index is 11.8. The fourth-order valence-corrected chi connectivity index (χ4v) is 1.59. The lowest BCUT2D eigenvalue weighted by Gasteiger charge is -2.12. The number of hydrogen-bond donors (Lipinski definition) is 2. The average molecular weight is 236 g/mol. The van der Waals surface area contributed by atoms with Crippen LogP contribution in [0, 0.1) is 6.92 Å². The minimum absolute atomic E-state index is 0.179. The number of benzene rings is 1. The Morgan fingerprint density at radius 1 is 1.38 bits per heavy atom. The van der Waals surface area contributed by atoms with Gasteiger partial charge in [-0.05, 0) is 45.1 Å². The third-order valence-corrected chi connectivity index (χ3v) is 2.15. The van der Waals surface area contributed by atoms with E-state index in [1.165, 1.54) is 0 Å². The van der Waals surface area contributed by atoms with Gasteiger partial charge in [-0.25, -0.2) is 0 Å². The van der Waals surface area contributed by atoms with E-state index in [2.05, 4.69) is 10.6 Å². The molecule has 1 amide bonds. The predicted octanol–water partition coefficient (Wildman–Crippen LogP) is 2.01. The lowest BCUT2D eigenvalue weighted by Crippen LogP contribution is -2.42. The van der Waals surface area contributed by atoms with Crippen molar-refractivity contribution in [3.63, 3.8) is 0 Å². The Morgan fingerprint density at radius 2 is 2.06 bits per heavy atom. The minimum atomic E-state index is -0.179. The van der Waals surface area contributed by atoms with E-state index in [-0.39, 0.29) is 11.9 Å². The van der Waals surface area contributed by atoms with Crippen LogP contribution in [-0.4, -0.2) is 17.1 Å². The molecular weight excluding hydrogens is 220 g/mol. The van der Waals surface area contributed by atoms with Gasteiger partial charge in [0.2, 0.25) is 0 Å². The molecule has 3 nitrogen and oxygen atoms in total. The normalized spacial score (nSPS) is 10.0. The van der Waals surface area contributed by atoms with Crippen LogP contribution >= 0.6 is 12.2 Å². The fraction of sp³-hybridized carbons (Fsp3) is 0.333. The zero-order valence-corrected chi connectivity index (χ0v) is 10.5. The number of thiocarbonyl (C=S) groups is 1. The van der Waals surface area contributed by atoms with Crippen molar-refractivity contribution in [1.29, 1.82) is 0 Å². The Labute approximate surface area is 101 Å². The molecule has 1 aromatic rings. The average Bonchev–Trinajstić information content (AvgIpc) is 2.16. The minimum Gasteiger partial charge on any atom is -0.360 e. The van der Waals surface area contributed by atoms with E-state index in [1.54, 1.807) is 6.07 Å². The van der Waals surface area contributed by atoms with Gasteiger partial charge in [-0.1, -0.05) is 17.7 Å². The van der Waals surface area contributed by atoms with Gasteiger partial charge in [0, 0.05) is 11.6 Å². The van der Waals surface area contributed by atoms with E-state index in [0.717, 1.165) is 5.56 Å². The number of aryl methyl sites for hydroxylation is 1. The molecular formula is C12H16N2OS. The number of nitrogens with one attached hydrogen (secondary N) is 2. The molecule has 2 N–H and O–H groups in total. The molecule has 0 aliphatic rings. The molecule has 0 aromatic heterocycles. The molecule has 0 fully saturated rings. The molecule has 1 aromatic carbocycles. The van der Waals surface area contributed by atoms with Crippen molar-refractivity contribution >= 4 is 23.2 Å². The van der Waals surface area contributed by atoms with Gasteiger partial charge in [-0.3, -0.25) is 10.1 Å². The Balaban J connectivity index is 2.62. The highest BCUT2D eigenvalue weighted by molar-refractivity contribution is 7.80. The van der Waals surface area contributed by atoms with Gasteiger partial charge < -0.3 is 5.32 Å². The standard InChI is InChI=1S/C12H16N2OS/c1-8(2)13-12(16)14-11(15)10-6-4-5-9(3)7-10/h4-8H,1-3H3,(H2,13,14,15,16). The quantitative estimate of drug-likeness (QED) is 0.772. The SMILES string of the molecule is Cc1cccc(C(=O)NC(=S)NC(C)C)c1. The number of hydrogen-bond acceptors (Lipinski definition) is 2. The van der Waals surface area contributed by atoms with Crippen molar-refractivity contribution < 1.29 is 4.79 Å². The molecule has 0 aliphatic carbocycles. The molecule has 16 heavy (non-hydrogen) atoms. The summed E-state index contributed by atoms with van der Waals surface area (Å²) in [6.07, 6.45) is 0. The van der Waals surface area contributed by atoms with Crippen LogP contribution in [0.1, 0.15) is 29.8 Å². The van der Waals surface area contributed by atoms with Crippen molar-refractivity contribution in [3.8, 4) is 0 Å². The molecule has 0 saturated carbocycles. The van der Waals surface area contributed by atoms with E-state index >= 15 is 0 Å². The number of carbonyl (C=O) groups is 1. The topological polar surface area (TPSA) is 41.1 Å². The van der Waals surface area contributed by atoms with E-state index in [9.17, 15) is 4.79 Å². The van der Waals surface area contributed by atoms with Crippen LogP contribution in [-0.2, 0) is 0 Å². The van der Waals surface area contributed by atoms with Crippen LogP contribution in [0.4, 0.5) is 0 Å². The number of rotatable bonds is 2. The van der Waals surface area contributed by atoms with Crippen LogP contribution in [0.3, 0.4) is 0 Å². The molecule has 0 bridgehead atoms. The Bertz CT molecular complexity index is 402. The third-order valence-electron chi connectivity index (χ3n) is 1.93. The van der Waals surface area contributed by atoms with Gasteiger partial charge in [0.1, 0.15) is 0 Å². The molecule has 0 atom stereocenters. The van der Waals surface area contributed by atoms with Crippen molar-refractivity contribution in [2.45, 2.75) is 26.8 Å². The van der Waals surface area contributed by atoms with Crippen molar-refractivity contribution in [1.82, 2.24) is 10.6 Å². The van der Waals surface area contributed by atoms with Crippen LogP contribution in [0.25, 0.3) is 0 Å². The maximum atomic E-state index is 11.8. The van der Waals surface area contributed by atoms with Crippen LogP contribution in [0.15, 0.2) is 24.3 Å². The van der Waals surface area contributed by atoms with Crippen LogP contribution < -0.4 is 10.6 Å². The highest BCUT2D eigenvalue weighted by Gasteiger charge is 2.07. The number of amides is 1. The summed E-state index contributed by atoms with van der Waals surface area (Å²) in [5.74, 6) is -0.179. The lowest BCUT2D eigenvalue weighted by molar-refractivity contribution is 0.0976. The third kappa shape index (κ3) is 3.98. The van der Waals surface area contributed by atoms with Crippen LogP contribution in [0.5, 0.6) is 0 Å². The number of carbonyl (C=O) groups excluding carboxylic acids is 1. The molecule has 0 spiro atoms. The molecule has 86 valence electrons. The summed E-state index contributed by atoms with van der Waals surface area (Å²) >= 11 is 5.00. The van der Waals surface area contributed by atoms with Gasteiger partial charge in [0.25, 0.3) is 5.91 Å². The molecule has 0 radical (unpaired) electrons. The first-order chi connectivity index (χ1) is 7.49. The largest absolute Gasteiger partial charge is 0.360 e. The second kappa shape index (κ2) is 5.61. The van der Waals surface area contributed by atoms with E-state index in [0.29, 0.717) is 10.7 Å². The summed E-state index contributed by atoms with van der Waals surface area (Å²) in [7, 11) is 0. The van der Waals surface area contributed by atoms with Gasteiger partial charge in [-0.2, -0.15) is 0 Å². The Morgan fingerprint density at radius 3 is 2.62 bits per heavy atom. The smallest absolute Gasteiger partial charge is 0.257 e. The van der Waals surface area contributed by atoms with Gasteiger partial charge >= 0.3 is 0 Å². The lowest BCUT2D eigenvalue weighted by atomic mass is 10.1. The highest BCUT2D eigenvalue weighted by atomic mass is 32.1. The molecule has 0 unspecified atom stereocenters. The van der Waals surface area contributed by atoms with Gasteiger partial charge in [-0.15, -0.1) is 0 Å². The first-order valence-electron chi connectivity index (χ1n) is 5.17. The molecule has 0 saturated heterocycles. The summed E-state index contributed by atoms with van der Waals surface area (Å²) in [5, 5.41) is 5.96. The predicted molar refractivity (Wildman–Crippen MR) is 69.5 cm³/mol. The van der Waals surface area contributed by atoms with Crippen molar-refractivity contribution in [3.05, 3.63) is 35.4 Å². The summed E-state index contributed by atoms with van der Waals surface area (Å²) in [6, 6.07) is 7.60.